The molecule has 0 saturated carbocycles. The zero-order valence-corrected chi connectivity index (χ0v) is 9.55. The van der Waals surface area contributed by atoms with Crippen LogP contribution in [0.1, 0.15) is 5.56 Å². The summed E-state index contributed by atoms with van der Waals surface area (Å²) in [7, 11) is 0. The average molecular weight is 271 g/mol. The second-order valence-electron chi connectivity index (χ2n) is 3.78. The van der Waals surface area contributed by atoms with Gasteiger partial charge >= 0.3 is 0 Å². The van der Waals surface area contributed by atoms with Crippen LogP contribution < -0.4 is 11.1 Å². The van der Waals surface area contributed by atoms with Crippen molar-refractivity contribution in [1.82, 2.24) is 4.98 Å². The fourth-order valence-corrected chi connectivity index (χ4v) is 1.46. The minimum atomic E-state index is -0.986. The van der Waals surface area contributed by atoms with Crippen molar-refractivity contribution in [2.75, 3.05) is 11.1 Å². The van der Waals surface area contributed by atoms with Crippen LogP contribution >= 0.6 is 0 Å². The van der Waals surface area contributed by atoms with Crippen LogP contribution in [0.5, 0.6) is 0 Å². The van der Waals surface area contributed by atoms with Gasteiger partial charge in [0.1, 0.15) is 11.6 Å². The molecule has 0 atom stereocenters. The lowest BCUT2D eigenvalue weighted by atomic mass is 10.2. The van der Waals surface area contributed by atoms with Gasteiger partial charge in [-0.25, -0.2) is 22.5 Å². The minimum Gasteiger partial charge on any atom is -0.381 e. The maximum absolute atomic E-state index is 13.3. The Morgan fingerprint density at radius 1 is 1.00 bits per heavy atom. The van der Waals surface area contributed by atoms with E-state index in [0.717, 1.165) is 18.2 Å². The van der Waals surface area contributed by atoms with Crippen LogP contribution in [0.25, 0.3) is 0 Å². The molecule has 3 nitrogen and oxygen atoms in total. The largest absolute Gasteiger partial charge is 0.381 e. The van der Waals surface area contributed by atoms with Crippen LogP contribution in [-0.2, 0) is 6.54 Å². The van der Waals surface area contributed by atoms with E-state index in [1.807, 2.05) is 0 Å². The Hall–Kier alpha value is -2.31. The summed E-state index contributed by atoms with van der Waals surface area (Å²) < 4.78 is 52.4. The Bertz CT molecular complexity index is 616. The molecule has 0 amide bonds. The normalized spacial score (nSPS) is 10.5. The summed E-state index contributed by atoms with van der Waals surface area (Å²) in [4.78, 5) is 3.44. The van der Waals surface area contributed by atoms with Gasteiger partial charge in [-0.15, -0.1) is 0 Å². The van der Waals surface area contributed by atoms with Gasteiger partial charge in [0.25, 0.3) is 0 Å². The fourth-order valence-electron chi connectivity index (χ4n) is 1.46. The predicted octanol–water partition coefficient (Wildman–Crippen LogP) is 2.83. The number of nitrogens with zero attached hydrogens (tertiary/aromatic N) is 1. The molecular formula is C12H9F4N3. The van der Waals surface area contributed by atoms with Crippen molar-refractivity contribution in [3.63, 3.8) is 0 Å². The van der Waals surface area contributed by atoms with Gasteiger partial charge in [0.15, 0.2) is 23.3 Å². The maximum atomic E-state index is 13.3. The van der Waals surface area contributed by atoms with Crippen LogP contribution in [0.15, 0.2) is 24.3 Å². The molecule has 0 bridgehead atoms. The molecular weight excluding hydrogens is 262 g/mol. The van der Waals surface area contributed by atoms with Crippen LogP contribution in [0.4, 0.5) is 29.2 Å². The second-order valence-corrected chi connectivity index (χ2v) is 3.78. The fraction of sp³-hybridized carbons (Fsp3) is 0.0833. The summed E-state index contributed by atoms with van der Waals surface area (Å²) in [5, 5.41) is 2.43. The van der Waals surface area contributed by atoms with E-state index in [-0.39, 0.29) is 17.9 Å². The highest BCUT2D eigenvalue weighted by atomic mass is 19.1. The highest BCUT2D eigenvalue weighted by molar-refractivity contribution is 5.45. The molecule has 0 fully saturated rings. The van der Waals surface area contributed by atoms with E-state index in [1.54, 1.807) is 0 Å². The molecule has 0 aliphatic carbocycles. The van der Waals surface area contributed by atoms with Crippen molar-refractivity contribution in [3.05, 3.63) is 53.1 Å². The molecule has 0 saturated heterocycles. The molecule has 0 radical (unpaired) electrons. The van der Waals surface area contributed by atoms with E-state index in [2.05, 4.69) is 10.3 Å². The number of aromatic nitrogens is 1. The van der Waals surface area contributed by atoms with Crippen molar-refractivity contribution in [3.8, 4) is 0 Å². The molecule has 19 heavy (non-hydrogen) atoms. The van der Waals surface area contributed by atoms with Gasteiger partial charge in [-0.05, 0) is 18.2 Å². The van der Waals surface area contributed by atoms with E-state index in [1.165, 1.54) is 0 Å². The van der Waals surface area contributed by atoms with Crippen molar-refractivity contribution in [1.29, 1.82) is 0 Å². The molecule has 0 aliphatic rings. The molecule has 2 aromatic rings. The van der Waals surface area contributed by atoms with Crippen molar-refractivity contribution >= 4 is 11.6 Å². The van der Waals surface area contributed by atoms with Crippen LogP contribution in [0.2, 0.25) is 0 Å². The summed E-state index contributed by atoms with van der Waals surface area (Å²) in [5.74, 6) is -4.04. The van der Waals surface area contributed by atoms with Crippen molar-refractivity contribution in [2.24, 2.45) is 0 Å². The average Bonchev–Trinajstić information content (AvgIpc) is 2.36. The third-order valence-corrected chi connectivity index (χ3v) is 2.41. The summed E-state index contributed by atoms with van der Waals surface area (Å²) in [6.45, 7) is -0.210. The lowest BCUT2D eigenvalue weighted by Gasteiger charge is -2.08. The lowest BCUT2D eigenvalue weighted by Crippen LogP contribution is -2.08. The SMILES string of the molecule is Nc1nc(NCc2cc(F)ccc2F)c(F)cc1F. The number of pyridine rings is 1. The van der Waals surface area contributed by atoms with E-state index < -0.39 is 29.1 Å². The Morgan fingerprint density at radius 3 is 2.47 bits per heavy atom. The number of anilines is 2. The van der Waals surface area contributed by atoms with Gasteiger partial charge in [-0.2, -0.15) is 0 Å². The number of hydrogen-bond donors (Lipinski definition) is 2. The molecule has 2 rings (SSSR count). The van der Waals surface area contributed by atoms with E-state index in [4.69, 9.17) is 5.73 Å². The van der Waals surface area contributed by atoms with E-state index in [0.29, 0.717) is 6.07 Å². The van der Waals surface area contributed by atoms with Gasteiger partial charge in [-0.3, -0.25) is 0 Å². The zero-order chi connectivity index (χ0) is 14.0. The second kappa shape index (κ2) is 5.13. The lowest BCUT2D eigenvalue weighted by molar-refractivity contribution is 0.576. The summed E-state index contributed by atoms with van der Waals surface area (Å²) in [5.41, 5.74) is 5.18. The molecule has 1 heterocycles. The number of rotatable bonds is 3. The predicted molar refractivity (Wildman–Crippen MR) is 62.3 cm³/mol. The van der Waals surface area contributed by atoms with Crippen LogP contribution in [0, 0.1) is 23.3 Å². The number of nitrogen functional groups attached to an aromatic ring is 1. The Morgan fingerprint density at radius 2 is 1.74 bits per heavy atom. The third kappa shape index (κ3) is 2.93. The number of nitrogens with one attached hydrogen (secondary N) is 1. The van der Waals surface area contributed by atoms with Gasteiger partial charge in [-0.1, -0.05) is 0 Å². The van der Waals surface area contributed by atoms with E-state index in [9.17, 15) is 17.6 Å². The minimum absolute atomic E-state index is 0.0101. The Labute approximate surface area is 106 Å². The quantitative estimate of drug-likeness (QED) is 0.844. The van der Waals surface area contributed by atoms with Crippen molar-refractivity contribution < 1.29 is 17.6 Å². The Balaban J connectivity index is 2.19. The molecule has 3 N–H and O–H groups in total. The van der Waals surface area contributed by atoms with Crippen molar-refractivity contribution in [2.45, 2.75) is 6.54 Å². The maximum Gasteiger partial charge on any atom is 0.168 e. The van der Waals surface area contributed by atoms with Crippen LogP contribution in [0.3, 0.4) is 0 Å². The number of hydrogen-bond acceptors (Lipinski definition) is 3. The zero-order valence-electron chi connectivity index (χ0n) is 9.55. The van der Waals surface area contributed by atoms with Gasteiger partial charge in [0.2, 0.25) is 0 Å². The first-order chi connectivity index (χ1) is 8.97. The van der Waals surface area contributed by atoms with Gasteiger partial charge in [0.05, 0.1) is 0 Å². The Kier molecular flexibility index (Phi) is 3.55. The highest BCUT2D eigenvalue weighted by Crippen LogP contribution is 2.18. The standard InChI is InChI=1S/C12H9F4N3/c13-7-1-2-8(14)6(3-7)5-18-12-10(16)4-9(15)11(17)19-12/h1-4H,5H2,(H3,17,18,19). The first-order valence-corrected chi connectivity index (χ1v) is 5.26. The molecule has 0 spiro atoms. The third-order valence-electron chi connectivity index (χ3n) is 2.41. The number of halogens is 4. The monoisotopic (exact) mass is 271 g/mol. The molecule has 1 aromatic heterocycles. The summed E-state index contributed by atoms with van der Waals surface area (Å²) in [6.07, 6.45) is 0. The molecule has 7 heteroatoms. The first-order valence-electron chi connectivity index (χ1n) is 5.26. The smallest absolute Gasteiger partial charge is 0.168 e. The van der Waals surface area contributed by atoms with E-state index >= 15 is 0 Å². The summed E-state index contributed by atoms with van der Waals surface area (Å²) >= 11 is 0. The number of nitrogens with two attached hydrogens (primary N) is 1. The number of benzene rings is 1. The summed E-state index contributed by atoms with van der Waals surface area (Å²) in [6, 6.07) is 3.45. The van der Waals surface area contributed by atoms with Gasteiger partial charge in [0, 0.05) is 18.2 Å². The molecule has 100 valence electrons. The first kappa shape index (κ1) is 13.1. The van der Waals surface area contributed by atoms with Crippen LogP contribution in [-0.4, -0.2) is 4.98 Å². The highest BCUT2D eigenvalue weighted by Gasteiger charge is 2.10. The molecule has 1 aromatic carbocycles. The van der Waals surface area contributed by atoms with Gasteiger partial charge < -0.3 is 11.1 Å². The molecule has 0 aliphatic heterocycles. The topological polar surface area (TPSA) is 50.9 Å². The molecule has 0 unspecified atom stereocenters.